The van der Waals surface area contributed by atoms with E-state index in [4.69, 9.17) is 9.97 Å². The fourth-order valence-electron chi connectivity index (χ4n) is 5.20. The van der Waals surface area contributed by atoms with Crippen molar-refractivity contribution < 1.29 is 14.4 Å². The molecule has 0 saturated heterocycles. The van der Waals surface area contributed by atoms with E-state index in [1.54, 1.807) is 24.5 Å². The minimum absolute atomic E-state index is 0.0470. The number of hydrogen-bond donors (Lipinski definition) is 2. The monoisotopic (exact) mass is 528 g/mol. The van der Waals surface area contributed by atoms with Crippen molar-refractivity contribution in [1.29, 1.82) is 0 Å². The maximum atomic E-state index is 12.2. The lowest BCUT2D eigenvalue weighted by Gasteiger charge is -2.12. The topological polar surface area (TPSA) is 109 Å². The van der Waals surface area contributed by atoms with E-state index in [1.807, 2.05) is 48.5 Å². The molecule has 4 aromatic heterocycles. The van der Waals surface area contributed by atoms with Gasteiger partial charge in [0.25, 0.3) is 0 Å². The lowest BCUT2D eigenvalue weighted by molar-refractivity contribution is 0.388. The molecule has 0 aliphatic carbocycles. The third-order valence-electron chi connectivity index (χ3n) is 7.05. The Hall–Kier alpha value is -4.55. The van der Waals surface area contributed by atoms with E-state index in [1.165, 1.54) is 11.6 Å². The molecule has 0 saturated carbocycles. The number of rotatable bonds is 3. The van der Waals surface area contributed by atoms with E-state index < -0.39 is 7.60 Å². The van der Waals surface area contributed by atoms with Crippen molar-refractivity contribution >= 4 is 56.5 Å². The highest BCUT2D eigenvalue weighted by Crippen LogP contribution is 2.38. The lowest BCUT2D eigenvalue weighted by atomic mass is 10.0. The summed E-state index contributed by atoms with van der Waals surface area (Å²) in [7, 11) is -4.49. The zero-order valence-corrected chi connectivity index (χ0v) is 21.7. The van der Waals surface area contributed by atoms with Crippen molar-refractivity contribution in [3.05, 3.63) is 103 Å². The third-order valence-corrected chi connectivity index (χ3v) is 8.05. The molecule has 0 unspecified atom stereocenters. The molecular formula is C31H21N4O3P. The van der Waals surface area contributed by atoms with Crippen LogP contribution in [-0.2, 0) is 4.57 Å². The number of nitrogens with zero attached hydrogens (tertiary/aromatic N) is 4. The molecule has 8 heteroatoms. The second-order valence-corrected chi connectivity index (χ2v) is 11.1. The highest BCUT2D eigenvalue weighted by molar-refractivity contribution is 7.60. The summed E-state index contributed by atoms with van der Waals surface area (Å²) in [6.07, 6.45) is 3.40. The molecular weight excluding hydrogens is 507 g/mol. The molecule has 7 aromatic rings. The Balaban J connectivity index is 1.38. The summed E-state index contributed by atoms with van der Waals surface area (Å²) in [6, 6.07) is 26.8. The van der Waals surface area contributed by atoms with Crippen LogP contribution in [0.4, 0.5) is 0 Å². The fourth-order valence-corrected chi connectivity index (χ4v) is 6.00. The van der Waals surface area contributed by atoms with Gasteiger partial charge in [-0.15, -0.1) is 0 Å². The molecule has 0 bridgehead atoms. The van der Waals surface area contributed by atoms with Gasteiger partial charge in [0.2, 0.25) is 0 Å². The molecule has 0 radical (unpaired) electrons. The molecule has 0 aliphatic rings. The number of aryl methyl sites for hydroxylation is 1. The van der Waals surface area contributed by atoms with E-state index >= 15 is 0 Å². The summed E-state index contributed by atoms with van der Waals surface area (Å²) in [5, 5.41) is 3.10. The van der Waals surface area contributed by atoms with Crippen molar-refractivity contribution in [2.45, 2.75) is 6.92 Å². The van der Waals surface area contributed by atoms with Crippen LogP contribution < -0.4 is 5.30 Å². The van der Waals surface area contributed by atoms with Gasteiger partial charge in [-0.3, -0.25) is 14.5 Å². The average molecular weight is 529 g/mol. The van der Waals surface area contributed by atoms with Gasteiger partial charge in [-0.05, 0) is 55.0 Å². The first kappa shape index (κ1) is 23.6. The number of aromatic nitrogens is 4. The van der Waals surface area contributed by atoms with Gasteiger partial charge >= 0.3 is 7.60 Å². The summed E-state index contributed by atoms with van der Waals surface area (Å²) < 4.78 is 12.2. The molecule has 0 amide bonds. The maximum Gasteiger partial charge on any atom is 0.356 e. The molecule has 39 heavy (non-hydrogen) atoms. The van der Waals surface area contributed by atoms with Gasteiger partial charge in [0, 0.05) is 45.1 Å². The normalized spacial score (nSPS) is 12.1. The second-order valence-electron chi connectivity index (χ2n) is 9.55. The third kappa shape index (κ3) is 3.96. The highest BCUT2D eigenvalue weighted by atomic mass is 31.2. The fraction of sp³-hybridized carbons (Fsp3) is 0.0323. The minimum atomic E-state index is -4.49. The van der Waals surface area contributed by atoms with Gasteiger partial charge in [-0.2, -0.15) is 0 Å². The SMILES string of the molecule is Cc1cc2ccc(-c3cccc(-c4ccc5cc(P(=O)(O)O)c6cccnc6c5n4)c3)nc2c2ncccc12. The summed E-state index contributed by atoms with van der Waals surface area (Å²) >= 11 is 0. The molecule has 188 valence electrons. The van der Waals surface area contributed by atoms with E-state index in [9.17, 15) is 14.4 Å². The molecule has 0 aliphatic heterocycles. The van der Waals surface area contributed by atoms with Crippen LogP contribution in [0.25, 0.3) is 66.1 Å². The average Bonchev–Trinajstić information content (AvgIpc) is 2.96. The highest BCUT2D eigenvalue weighted by Gasteiger charge is 2.23. The summed E-state index contributed by atoms with van der Waals surface area (Å²) in [5.74, 6) is 0. The van der Waals surface area contributed by atoms with Crippen LogP contribution in [0.3, 0.4) is 0 Å². The first-order chi connectivity index (χ1) is 18.9. The standard InChI is InChI=1S/C31H21N4O3P/c1-18-15-21-9-11-25(34-28(21)30-23(18)7-3-13-32-30)19-5-2-6-20(16-19)26-12-10-22-17-27(39(36,37)38)24-8-4-14-33-31(24)29(22)35-26/h2-17H,1H3,(H2,36,37,38). The molecule has 7 rings (SSSR count). The first-order valence-electron chi connectivity index (χ1n) is 12.4. The van der Waals surface area contributed by atoms with Gasteiger partial charge in [0.05, 0.1) is 38.8 Å². The van der Waals surface area contributed by atoms with E-state index in [0.29, 0.717) is 21.8 Å². The Kier molecular flexibility index (Phi) is 5.28. The van der Waals surface area contributed by atoms with Crippen LogP contribution in [0.5, 0.6) is 0 Å². The van der Waals surface area contributed by atoms with E-state index in [0.717, 1.165) is 44.3 Å². The van der Waals surface area contributed by atoms with Gasteiger partial charge in [-0.25, -0.2) is 9.97 Å². The van der Waals surface area contributed by atoms with Crippen LogP contribution in [0, 0.1) is 6.92 Å². The number of benzene rings is 3. The maximum absolute atomic E-state index is 12.2. The molecule has 2 N–H and O–H groups in total. The Morgan fingerprint density at radius 1 is 0.615 bits per heavy atom. The summed E-state index contributed by atoms with van der Waals surface area (Å²) in [6.45, 7) is 2.09. The minimum Gasteiger partial charge on any atom is -0.321 e. The molecule has 0 spiro atoms. The first-order valence-corrected chi connectivity index (χ1v) is 14.0. The van der Waals surface area contributed by atoms with Gasteiger partial charge in [0.15, 0.2) is 0 Å². The molecule has 4 heterocycles. The van der Waals surface area contributed by atoms with Crippen molar-refractivity contribution in [3.8, 4) is 22.5 Å². The van der Waals surface area contributed by atoms with Crippen molar-refractivity contribution in [2.24, 2.45) is 0 Å². The molecule has 0 fully saturated rings. The van der Waals surface area contributed by atoms with Crippen LogP contribution >= 0.6 is 7.60 Å². The number of hydrogen-bond acceptors (Lipinski definition) is 5. The van der Waals surface area contributed by atoms with E-state index in [-0.39, 0.29) is 5.30 Å². The Bertz CT molecular complexity index is 2160. The lowest BCUT2D eigenvalue weighted by Crippen LogP contribution is -2.07. The number of fused-ring (bicyclic) bond motifs is 6. The quantitative estimate of drug-likeness (QED) is 0.204. The summed E-state index contributed by atoms with van der Waals surface area (Å²) in [5.41, 5.74) is 7.35. The van der Waals surface area contributed by atoms with Crippen molar-refractivity contribution in [3.63, 3.8) is 0 Å². The molecule has 0 atom stereocenters. The van der Waals surface area contributed by atoms with Crippen LogP contribution in [-0.4, -0.2) is 29.7 Å². The smallest absolute Gasteiger partial charge is 0.321 e. The van der Waals surface area contributed by atoms with Crippen LogP contribution in [0.15, 0.2) is 97.3 Å². The van der Waals surface area contributed by atoms with Crippen LogP contribution in [0.1, 0.15) is 5.56 Å². The van der Waals surface area contributed by atoms with Gasteiger partial charge < -0.3 is 9.79 Å². The number of pyridine rings is 4. The van der Waals surface area contributed by atoms with Gasteiger partial charge in [-0.1, -0.05) is 42.5 Å². The van der Waals surface area contributed by atoms with Crippen LogP contribution in [0.2, 0.25) is 0 Å². The molecule has 7 nitrogen and oxygen atoms in total. The summed E-state index contributed by atoms with van der Waals surface area (Å²) in [4.78, 5) is 38.7. The Morgan fingerprint density at radius 2 is 1.18 bits per heavy atom. The van der Waals surface area contributed by atoms with E-state index in [2.05, 4.69) is 35.1 Å². The Labute approximate surface area is 223 Å². The van der Waals surface area contributed by atoms with Gasteiger partial charge in [0.1, 0.15) is 0 Å². The predicted octanol–water partition coefficient (Wildman–Crippen LogP) is 6.32. The predicted molar refractivity (Wildman–Crippen MR) is 155 cm³/mol. The van der Waals surface area contributed by atoms with Crippen molar-refractivity contribution in [2.75, 3.05) is 0 Å². The largest absolute Gasteiger partial charge is 0.356 e. The Morgan fingerprint density at radius 3 is 1.79 bits per heavy atom. The van der Waals surface area contributed by atoms with Crippen molar-refractivity contribution in [1.82, 2.24) is 19.9 Å². The second kappa shape index (κ2) is 8.75. The zero-order chi connectivity index (χ0) is 26.7. The zero-order valence-electron chi connectivity index (χ0n) is 20.8. The molecule has 3 aromatic carbocycles.